The third-order valence-electron chi connectivity index (χ3n) is 1.99. The van der Waals surface area contributed by atoms with Gasteiger partial charge in [0.05, 0.1) is 5.69 Å². The molecule has 0 aliphatic rings. The van der Waals surface area contributed by atoms with Crippen LogP contribution in [-0.4, -0.2) is 19.8 Å². The lowest BCUT2D eigenvalue weighted by Crippen LogP contribution is -2.31. The molecular weight excluding hydrogens is 306 g/mol. The van der Waals surface area contributed by atoms with E-state index >= 15 is 0 Å². The Kier molecular flexibility index (Phi) is 4.50. The second-order valence-corrected chi connectivity index (χ2v) is 4.51. The van der Waals surface area contributed by atoms with Crippen molar-refractivity contribution in [3.05, 3.63) is 28.2 Å². The number of hydrogen-bond donors (Lipinski definition) is 0. The zero-order valence-corrected chi connectivity index (χ0v) is 10.8. The van der Waals surface area contributed by atoms with E-state index in [9.17, 15) is 13.2 Å². The molecule has 0 aromatic heterocycles. The van der Waals surface area contributed by atoms with E-state index in [1.54, 1.807) is 18.2 Å². The molecule has 0 aliphatic heterocycles. The fourth-order valence-corrected chi connectivity index (χ4v) is 2.19. The highest BCUT2D eigenvalue weighted by molar-refractivity contribution is 9.10. The van der Waals surface area contributed by atoms with Gasteiger partial charge in [0.1, 0.15) is 6.54 Å². The Hall–Kier alpha value is -0.420. The SMILES string of the molecule is CN(CC(F)(F)F)c1ccc(CCl)cc1Br. The van der Waals surface area contributed by atoms with E-state index in [0.717, 1.165) is 10.5 Å². The minimum absolute atomic E-state index is 0.335. The summed E-state index contributed by atoms with van der Waals surface area (Å²) in [6.45, 7) is -0.980. The highest BCUT2D eigenvalue weighted by atomic mass is 79.9. The quantitative estimate of drug-likeness (QED) is 0.756. The Labute approximate surface area is 105 Å². The van der Waals surface area contributed by atoms with E-state index < -0.39 is 12.7 Å². The van der Waals surface area contributed by atoms with Gasteiger partial charge in [-0.25, -0.2) is 0 Å². The first-order valence-corrected chi connectivity index (χ1v) is 5.78. The number of hydrogen-bond acceptors (Lipinski definition) is 1. The van der Waals surface area contributed by atoms with Crippen LogP contribution >= 0.6 is 27.5 Å². The van der Waals surface area contributed by atoms with Gasteiger partial charge in [0.25, 0.3) is 0 Å². The van der Waals surface area contributed by atoms with Gasteiger partial charge in [-0.15, -0.1) is 11.6 Å². The lowest BCUT2D eigenvalue weighted by atomic mass is 10.2. The number of halogens is 5. The summed E-state index contributed by atoms with van der Waals surface area (Å²) in [5.74, 6) is 0.335. The van der Waals surface area contributed by atoms with Crippen molar-refractivity contribution in [1.29, 1.82) is 0 Å². The first-order valence-electron chi connectivity index (χ1n) is 4.46. The van der Waals surface area contributed by atoms with E-state index in [1.807, 2.05) is 0 Å². The largest absolute Gasteiger partial charge is 0.405 e. The molecule has 0 spiro atoms. The lowest BCUT2D eigenvalue weighted by Gasteiger charge is -2.22. The Morgan fingerprint density at radius 2 is 2.00 bits per heavy atom. The fourth-order valence-electron chi connectivity index (χ4n) is 1.30. The molecule has 1 aromatic rings. The number of benzene rings is 1. The zero-order valence-electron chi connectivity index (χ0n) is 8.48. The van der Waals surface area contributed by atoms with Crippen LogP contribution in [0.1, 0.15) is 5.56 Å². The van der Waals surface area contributed by atoms with Crippen LogP contribution in [0.25, 0.3) is 0 Å². The standard InChI is InChI=1S/C10H10BrClF3N/c1-16(6-10(13,14)15)9-3-2-7(5-12)4-8(9)11/h2-4H,5-6H2,1H3. The maximum Gasteiger partial charge on any atom is 0.405 e. The molecule has 0 atom stereocenters. The van der Waals surface area contributed by atoms with Gasteiger partial charge >= 0.3 is 6.18 Å². The van der Waals surface area contributed by atoms with Gasteiger partial charge in [-0.2, -0.15) is 13.2 Å². The average molecular weight is 317 g/mol. The smallest absolute Gasteiger partial charge is 0.365 e. The lowest BCUT2D eigenvalue weighted by molar-refractivity contribution is -0.119. The zero-order chi connectivity index (χ0) is 12.3. The van der Waals surface area contributed by atoms with Crippen LogP contribution in [0.5, 0.6) is 0 Å². The summed E-state index contributed by atoms with van der Waals surface area (Å²) >= 11 is 8.85. The Morgan fingerprint density at radius 3 is 2.44 bits per heavy atom. The molecule has 1 rings (SSSR count). The summed E-state index contributed by atoms with van der Waals surface area (Å²) in [5, 5.41) is 0. The van der Waals surface area contributed by atoms with Crippen LogP contribution in [0.15, 0.2) is 22.7 Å². The van der Waals surface area contributed by atoms with E-state index in [-0.39, 0.29) is 0 Å². The Morgan fingerprint density at radius 1 is 1.38 bits per heavy atom. The highest BCUT2D eigenvalue weighted by Gasteiger charge is 2.29. The fraction of sp³-hybridized carbons (Fsp3) is 0.400. The second kappa shape index (κ2) is 5.27. The molecule has 0 fully saturated rings. The molecule has 1 aromatic carbocycles. The summed E-state index contributed by atoms with van der Waals surface area (Å²) in [4.78, 5) is 1.14. The minimum Gasteiger partial charge on any atom is -0.365 e. The molecule has 0 aliphatic carbocycles. The number of rotatable bonds is 3. The second-order valence-electron chi connectivity index (χ2n) is 3.39. The van der Waals surface area contributed by atoms with Crippen LogP contribution in [0, 0.1) is 0 Å². The molecule has 90 valence electrons. The van der Waals surface area contributed by atoms with Gasteiger partial charge in [-0.05, 0) is 33.6 Å². The summed E-state index contributed by atoms with van der Waals surface area (Å²) in [7, 11) is 1.40. The van der Waals surface area contributed by atoms with Crippen molar-refractivity contribution >= 4 is 33.2 Å². The maximum absolute atomic E-state index is 12.2. The van der Waals surface area contributed by atoms with E-state index in [0.29, 0.717) is 16.0 Å². The van der Waals surface area contributed by atoms with E-state index in [4.69, 9.17) is 11.6 Å². The van der Waals surface area contributed by atoms with E-state index in [2.05, 4.69) is 15.9 Å². The van der Waals surface area contributed by atoms with Crippen LogP contribution in [0.3, 0.4) is 0 Å². The van der Waals surface area contributed by atoms with Crippen molar-refractivity contribution in [1.82, 2.24) is 0 Å². The van der Waals surface area contributed by atoms with Gasteiger partial charge in [-0.1, -0.05) is 6.07 Å². The maximum atomic E-state index is 12.2. The molecule has 0 saturated heterocycles. The van der Waals surface area contributed by atoms with Crippen LogP contribution in [-0.2, 0) is 5.88 Å². The van der Waals surface area contributed by atoms with Gasteiger partial charge in [0.2, 0.25) is 0 Å². The normalized spacial score (nSPS) is 11.6. The first kappa shape index (κ1) is 13.6. The third kappa shape index (κ3) is 3.87. The van der Waals surface area contributed by atoms with Gasteiger partial charge < -0.3 is 4.90 Å². The third-order valence-corrected chi connectivity index (χ3v) is 2.94. The van der Waals surface area contributed by atoms with Crippen molar-refractivity contribution < 1.29 is 13.2 Å². The predicted octanol–water partition coefficient (Wildman–Crippen LogP) is 4.19. The molecule has 0 amide bonds. The summed E-state index contributed by atoms with van der Waals surface area (Å²) < 4.78 is 37.2. The van der Waals surface area contributed by atoms with Crippen LogP contribution in [0.2, 0.25) is 0 Å². The van der Waals surface area contributed by atoms with Crippen LogP contribution < -0.4 is 4.90 Å². The Bertz CT molecular complexity index is 368. The summed E-state index contributed by atoms with van der Waals surface area (Å²) in [6, 6.07) is 5.04. The van der Waals surface area contributed by atoms with Gasteiger partial charge in [0.15, 0.2) is 0 Å². The number of nitrogens with zero attached hydrogens (tertiary/aromatic N) is 1. The van der Waals surface area contributed by atoms with Gasteiger partial charge in [0, 0.05) is 17.4 Å². The molecule has 0 radical (unpaired) electrons. The number of anilines is 1. The van der Waals surface area contributed by atoms with Crippen molar-refractivity contribution in [2.45, 2.75) is 12.1 Å². The number of alkyl halides is 4. The molecular formula is C10H10BrClF3N. The highest BCUT2D eigenvalue weighted by Crippen LogP contribution is 2.29. The van der Waals surface area contributed by atoms with Crippen molar-refractivity contribution in [2.75, 3.05) is 18.5 Å². The van der Waals surface area contributed by atoms with Crippen molar-refractivity contribution in [3.8, 4) is 0 Å². The average Bonchev–Trinajstić information content (AvgIpc) is 2.14. The molecule has 16 heavy (non-hydrogen) atoms. The monoisotopic (exact) mass is 315 g/mol. The minimum atomic E-state index is -4.21. The Balaban J connectivity index is 2.88. The molecule has 6 heteroatoms. The topological polar surface area (TPSA) is 3.24 Å². The molecule has 0 N–H and O–H groups in total. The van der Waals surface area contributed by atoms with Crippen molar-refractivity contribution in [2.24, 2.45) is 0 Å². The summed E-state index contributed by atoms with van der Waals surface area (Å²) in [6.07, 6.45) is -4.21. The first-order chi connectivity index (χ1) is 7.33. The van der Waals surface area contributed by atoms with Crippen LogP contribution in [0.4, 0.5) is 18.9 Å². The van der Waals surface area contributed by atoms with E-state index in [1.165, 1.54) is 7.05 Å². The van der Waals surface area contributed by atoms with Gasteiger partial charge in [-0.3, -0.25) is 0 Å². The van der Waals surface area contributed by atoms with Crippen molar-refractivity contribution in [3.63, 3.8) is 0 Å². The molecule has 1 nitrogen and oxygen atoms in total. The summed E-state index contributed by atoms with van der Waals surface area (Å²) in [5.41, 5.74) is 1.35. The molecule has 0 unspecified atom stereocenters. The molecule has 0 bridgehead atoms. The molecule has 0 saturated carbocycles. The molecule has 0 heterocycles. The predicted molar refractivity (Wildman–Crippen MR) is 63.0 cm³/mol.